The summed E-state index contributed by atoms with van der Waals surface area (Å²) in [4.78, 5) is 14.0. The van der Waals surface area contributed by atoms with Crippen LogP contribution in [0.1, 0.15) is 19.8 Å². The maximum Gasteiger partial charge on any atom is 0.349 e. The number of hydrogen-bond acceptors (Lipinski definition) is 2. The molecular weight excluding hydrogens is 142 g/mol. The smallest absolute Gasteiger partial charge is 0.349 e. The van der Waals surface area contributed by atoms with Crippen molar-refractivity contribution >= 4 is 11.7 Å². The molecule has 0 aromatic carbocycles. The Morgan fingerprint density at radius 1 is 1.55 bits per heavy atom. The Morgan fingerprint density at radius 2 is 2.09 bits per heavy atom. The number of nitrogens with zero attached hydrogens (tertiary/aromatic N) is 1. The number of aliphatic carboxylic acids is 1. The second-order valence-corrected chi connectivity index (χ2v) is 2.43. The third-order valence-corrected chi connectivity index (χ3v) is 1.31. The van der Waals surface area contributed by atoms with Crippen LogP contribution in [-0.2, 0) is 4.79 Å². The van der Waals surface area contributed by atoms with Crippen LogP contribution in [0.15, 0.2) is 17.1 Å². The Bertz CT molecular complexity index is 194. The van der Waals surface area contributed by atoms with Crippen LogP contribution in [0.3, 0.4) is 0 Å². The van der Waals surface area contributed by atoms with E-state index in [-0.39, 0.29) is 5.71 Å². The van der Waals surface area contributed by atoms with E-state index in [2.05, 4.69) is 11.6 Å². The number of rotatable bonds is 4. The van der Waals surface area contributed by atoms with Crippen LogP contribution < -0.4 is 0 Å². The van der Waals surface area contributed by atoms with Crippen molar-refractivity contribution in [3.63, 3.8) is 0 Å². The molecule has 0 fully saturated rings. The largest absolute Gasteiger partial charge is 0.477 e. The molecule has 0 heterocycles. The summed E-state index contributed by atoms with van der Waals surface area (Å²) < 4.78 is 0. The van der Waals surface area contributed by atoms with Gasteiger partial charge in [-0.05, 0) is 13.3 Å². The molecule has 0 aliphatic carbocycles. The van der Waals surface area contributed by atoms with Gasteiger partial charge in [-0.1, -0.05) is 5.57 Å². The fourth-order valence-electron chi connectivity index (χ4n) is 0.646. The van der Waals surface area contributed by atoms with Crippen LogP contribution >= 0.6 is 0 Å². The number of carbonyl (C=O) groups is 1. The molecule has 62 valence electrons. The second kappa shape index (κ2) is 4.66. The zero-order valence-corrected chi connectivity index (χ0v) is 6.92. The molecule has 0 aliphatic rings. The first kappa shape index (κ1) is 9.88. The standard InChI is InChI=1S/C8H13NO2/c1-6(2)4-5-7(9-3)8(10)11/h1,4-5H2,2-3H3,(H,10,11)/b9-7+. The Hall–Kier alpha value is -1.12. The SMILES string of the molecule is C=C(C)CC/C(=N\C)C(=O)O. The third kappa shape index (κ3) is 4.31. The lowest BCUT2D eigenvalue weighted by molar-refractivity contribution is -0.129. The van der Waals surface area contributed by atoms with E-state index in [1.807, 2.05) is 6.92 Å². The van der Waals surface area contributed by atoms with E-state index in [4.69, 9.17) is 5.11 Å². The molecule has 0 saturated carbocycles. The lowest BCUT2D eigenvalue weighted by atomic mass is 10.1. The van der Waals surface area contributed by atoms with Gasteiger partial charge in [0.15, 0.2) is 0 Å². The summed E-state index contributed by atoms with van der Waals surface area (Å²) >= 11 is 0. The first-order valence-electron chi connectivity index (χ1n) is 3.41. The van der Waals surface area contributed by atoms with Crippen LogP contribution in [0.4, 0.5) is 0 Å². The van der Waals surface area contributed by atoms with Gasteiger partial charge >= 0.3 is 5.97 Å². The van der Waals surface area contributed by atoms with Crippen molar-refractivity contribution in [2.75, 3.05) is 7.05 Å². The molecule has 0 aromatic heterocycles. The Balaban J connectivity index is 3.92. The van der Waals surface area contributed by atoms with Crippen LogP contribution in [-0.4, -0.2) is 23.8 Å². The van der Waals surface area contributed by atoms with Gasteiger partial charge in [0.2, 0.25) is 0 Å². The Morgan fingerprint density at radius 3 is 2.36 bits per heavy atom. The minimum Gasteiger partial charge on any atom is -0.477 e. The number of aliphatic imine (C=N–C) groups is 1. The van der Waals surface area contributed by atoms with Gasteiger partial charge in [-0.25, -0.2) is 4.79 Å². The van der Waals surface area contributed by atoms with Crippen molar-refractivity contribution in [1.82, 2.24) is 0 Å². The van der Waals surface area contributed by atoms with Gasteiger partial charge in [-0.15, -0.1) is 6.58 Å². The number of hydrogen-bond donors (Lipinski definition) is 1. The summed E-state index contributed by atoms with van der Waals surface area (Å²) in [5.74, 6) is -0.936. The maximum absolute atomic E-state index is 10.4. The van der Waals surface area contributed by atoms with Crippen LogP contribution in [0, 0.1) is 0 Å². The molecule has 0 aliphatic heterocycles. The molecule has 0 rings (SSSR count). The first-order chi connectivity index (χ1) is 5.07. The molecule has 0 saturated heterocycles. The van der Waals surface area contributed by atoms with Crippen molar-refractivity contribution in [1.29, 1.82) is 0 Å². The van der Waals surface area contributed by atoms with Crippen LogP contribution in [0.2, 0.25) is 0 Å². The molecule has 0 bridgehead atoms. The van der Waals surface area contributed by atoms with Gasteiger partial charge in [0.05, 0.1) is 0 Å². The molecule has 0 unspecified atom stereocenters. The fraction of sp³-hybridized carbons (Fsp3) is 0.500. The molecule has 0 amide bonds. The molecule has 0 atom stereocenters. The van der Waals surface area contributed by atoms with E-state index >= 15 is 0 Å². The van der Waals surface area contributed by atoms with Gasteiger partial charge in [0.1, 0.15) is 5.71 Å². The predicted molar refractivity (Wildman–Crippen MR) is 45.0 cm³/mol. The summed E-state index contributed by atoms with van der Waals surface area (Å²) in [5.41, 5.74) is 1.19. The fourth-order valence-corrected chi connectivity index (χ4v) is 0.646. The minimum atomic E-state index is -0.936. The third-order valence-electron chi connectivity index (χ3n) is 1.31. The summed E-state index contributed by atoms with van der Waals surface area (Å²) in [7, 11) is 1.49. The van der Waals surface area contributed by atoms with E-state index in [0.29, 0.717) is 12.8 Å². The van der Waals surface area contributed by atoms with E-state index in [1.165, 1.54) is 7.05 Å². The highest BCUT2D eigenvalue weighted by molar-refractivity contribution is 6.35. The highest BCUT2D eigenvalue weighted by atomic mass is 16.4. The molecular formula is C8H13NO2. The summed E-state index contributed by atoms with van der Waals surface area (Å²) in [6, 6.07) is 0. The van der Waals surface area contributed by atoms with Crippen molar-refractivity contribution in [2.24, 2.45) is 4.99 Å². The highest BCUT2D eigenvalue weighted by Gasteiger charge is 2.06. The Kier molecular flexibility index (Phi) is 4.18. The molecule has 1 N–H and O–H groups in total. The zero-order valence-electron chi connectivity index (χ0n) is 6.92. The number of carboxylic acid groups (broad SMARTS) is 1. The predicted octanol–water partition coefficient (Wildman–Crippen LogP) is 1.50. The van der Waals surface area contributed by atoms with Crippen LogP contribution in [0.25, 0.3) is 0 Å². The first-order valence-corrected chi connectivity index (χ1v) is 3.41. The quantitative estimate of drug-likeness (QED) is 0.494. The summed E-state index contributed by atoms with van der Waals surface area (Å²) in [6.07, 6.45) is 1.17. The highest BCUT2D eigenvalue weighted by Crippen LogP contribution is 2.01. The van der Waals surface area contributed by atoms with Gasteiger partial charge in [0.25, 0.3) is 0 Å². The van der Waals surface area contributed by atoms with Gasteiger partial charge < -0.3 is 5.11 Å². The molecule has 11 heavy (non-hydrogen) atoms. The second-order valence-electron chi connectivity index (χ2n) is 2.43. The summed E-state index contributed by atoms with van der Waals surface area (Å²) in [5, 5.41) is 8.53. The molecule has 0 aromatic rings. The molecule has 0 radical (unpaired) electrons. The van der Waals surface area contributed by atoms with E-state index in [9.17, 15) is 4.79 Å². The molecule has 0 spiro atoms. The Labute approximate surface area is 66.5 Å². The van der Waals surface area contributed by atoms with Crippen LogP contribution in [0.5, 0.6) is 0 Å². The lowest BCUT2D eigenvalue weighted by Gasteiger charge is -1.98. The molecule has 3 nitrogen and oxygen atoms in total. The monoisotopic (exact) mass is 155 g/mol. The normalized spacial score (nSPS) is 11.3. The van der Waals surface area contributed by atoms with Gasteiger partial charge in [-0.2, -0.15) is 0 Å². The van der Waals surface area contributed by atoms with Crippen molar-refractivity contribution in [3.8, 4) is 0 Å². The average molecular weight is 155 g/mol. The minimum absolute atomic E-state index is 0.216. The van der Waals surface area contributed by atoms with Gasteiger partial charge in [0, 0.05) is 13.5 Å². The van der Waals surface area contributed by atoms with E-state index < -0.39 is 5.97 Å². The lowest BCUT2D eigenvalue weighted by Crippen LogP contribution is -2.12. The zero-order chi connectivity index (χ0) is 8.85. The summed E-state index contributed by atoms with van der Waals surface area (Å²) in [6.45, 7) is 5.54. The number of allylic oxidation sites excluding steroid dienone is 1. The maximum atomic E-state index is 10.4. The van der Waals surface area contributed by atoms with Crippen molar-refractivity contribution in [2.45, 2.75) is 19.8 Å². The molecule has 3 heteroatoms. The van der Waals surface area contributed by atoms with Crippen molar-refractivity contribution < 1.29 is 9.90 Å². The number of carboxylic acids is 1. The van der Waals surface area contributed by atoms with E-state index in [1.54, 1.807) is 0 Å². The average Bonchev–Trinajstić information content (AvgIpc) is 1.87. The van der Waals surface area contributed by atoms with Gasteiger partial charge in [-0.3, -0.25) is 4.99 Å². The van der Waals surface area contributed by atoms with E-state index in [0.717, 1.165) is 5.57 Å². The topological polar surface area (TPSA) is 49.7 Å². The van der Waals surface area contributed by atoms with Crippen molar-refractivity contribution in [3.05, 3.63) is 12.2 Å².